The van der Waals surface area contributed by atoms with Gasteiger partial charge in [-0.05, 0) is 56.7 Å². The lowest BCUT2D eigenvalue weighted by Gasteiger charge is -2.16. The van der Waals surface area contributed by atoms with Gasteiger partial charge in [-0.15, -0.1) is 0 Å². The highest BCUT2D eigenvalue weighted by Crippen LogP contribution is 2.22. The van der Waals surface area contributed by atoms with E-state index in [9.17, 15) is 4.79 Å². The lowest BCUT2D eigenvalue weighted by molar-refractivity contribution is 0.0939. The van der Waals surface area contributed by atoms with Crippen molar-refractivity contribution in [3.8, 4) is 5.75 Å². The molecule has 0 aliphatic heterocycles. The largest absolute Gasteiger partial charge is 0.494 e. The second-order valence-corrected chi connectivity index (χ2v) is 6.08. The third kappa shape index (κ3) is 5.48. The fourth-order valence-electron chi connectivity index (χ4n) is 2.46. The molecule has 1 amide bonds. The summed E-state index contributed by atoms with van der Waals surface area (Å²) in [5, 5.41) is 3.68. The van der Waals surface area contributed by atoms with E-state index in [0.717, 1.165) is 16.9 Å². The molecule has 4 nitrogen and oxygen atoms in total. The number of rotatable bonds is 8. The summed E-state index contributed by atoms with van der Waals surface area (Å²) in [6.45, 7) is 7.40. The summed E-state index contributed by atoms with van der Waals surface area (Å²) in [4.78, 5) is 12.6. The van der Waals surface area contributed by atoms with Crippen molar-refractivity contribution < 1.29 is 14.3 Å². The van der Waals surface area contributed by atoms with Gasteiger partial charge in [-0.3, -0.25) is 4.79 Å². The van der Waals surface area contributed by atoms with Crippen LogP contribution in [-0.4, -0.2) is 19.1 Å². The first-order chi connectivity index (χ1) is 12.0. The van der Waals surface area contributed by atoms with Crippen LogP contribution in [0.15, 0.2) is 42.5 Å². The fourth-order valence-corrected chi connectivity index (χ4v) is 2.58. The first kappa shape index (κ1) is 19.3. The molecule has 0 bridgehead atoms. The average Bonchev–Trinajstić information content (AvgIpc) is 2.61. The van der Waals surface area contributed by atoms with Gasteiger partial charge in [0.25, 0.3) is 5.91 Å². The van der Waals surface area contributed by atoms with Crippen molar-refractivity contribution in [2.24, 2.45) is 0 Å². The Kier molecular flexibility index (Phi) is 7.29. The molecule has 2 aromatic carbocycles. The van der Waals surface area contributed by atoms with Crippen molar-refractivity contribution in [2.75, 3.05) is 13.2 Å². The lowest BCUT2D eigenvalue weighted by Crippen LogP contribution is -2.26. The van der Waals surface area contributed by atoms with E-state index in [1.54, 1.807) is 6.07 Å². The van der Waals surface area contributed by atoms with Crippen LogP contribution < -0.4 is 10.1 Å². The molecule has 0 radical (unpaired) electrons. The Labute approximate surface area is 154 Å². The Bertz CT molecular complexity index is 701. The van der Waals surface area contributed by atoms with Crippen LogP contribution in [0.1, 0.15) is 48.3 Å². The molecule has 0 saturated heterocycles. The summed E-state index contributed by atoms with van der Waals surface area (Å²) >= 11 is 5.91. The van der Waals surface area contributed by atoms with Gasteiger partial charge in [0.1, 0.15) is 5.75 Å². The number of hydrogen-bond donors (Lipinski definition) is 1. The normalized spacial score (nSPS) is 11.8. The zero-order valence-corrected chi connectivity index (χ0v) is 15.6. The molecule has 1 unspecified atom stereocenters. The molecule has 1 atom stereocenters. The first-order valence-corrected chi connectivity index (χ1v) is 8.82. The molecule has 0 heterocycles. The number of halogens is 1. The third-order valence-corrected chi connectivity index (χ3v) is 4.05. The zero-order valence-electron chi connectivity index (χ0n) is 14.8. The maximum atomic E-state index is 12.6. The van der Waals surface area contributed by atoms with Crippen LogP contribution in [-0.2, 0) is 11.3 Å². The van der Waals surface area contributed by atoms with E-state index in [-0.39, 0.29) is 11.9 Å². The molecule has 0 spiro atoms. The van der Waals surface area contributed by atoms with E-state index < -0.39 is 0 Å². The number of benzene rings is 2. The zero-order chi connectivity index (χ0) is 18.2. The van der Waals surface area contributed by atoms with Gasteiger partial charge in [-0.2, -0.15) is 0 Å². The molecule has 0 saturated carbocycles. The van der Waals surface area contributed by atoms with Gasteiger partial charge < -0.3 is 14.8 Å². The van der Waals surface area contributed by atoms with Crippen LogP contribution >= 0.6 is 11.6 Å². The number of carbonyl (C=O) groups excluding carboxylic acids is 1. The molecule has 0 fully saturated rings. The van der Waals surface area contributed by atoms with E-state index in [1.807, 2.05) is 57.2 Å². The molecule has 5 heteroatoms. The van der Waals surface area contributed by atoms with Crippen molar-refractivity contribution in [1.29, 1.82) is 0 Å². The molecule has 2 rings (SSSR count). The van der Waals surface area contributed by atoms with Crippen LogP contribution in [0.3, 0.4) is 0 Å². The van der Waals surface area contributed by atoms with E-state index in [4.69, 9.17) is 21.1 Å². The Hall–Kier alpha value is -2.04. The quantitative estimate of drug-likeness (QED) is 0.737. The van der Waals surface area contributed by atoms with Gasteiger partial charge in [-0.25, -0.2) is 0 Å². The molecule has 2 aromatic rings. The third-order valence-electron chi connectivity index (χ3n) is 3.80. The molecule has 25 heavy (non-hydrogen) atoms. The number of ether oxygens (including phenoxy) is 2. The molecule has 134 valence electrons. The van der Waals surface area contributed by atoms with Crippen molar-refractivity contribution in [3.05, 3.63) is 64.2 Å². The van der Waals surface area contributed by atoms with Gasteiger partial charge in [0, 0.05) is 22.8 Å². The highest BCUT2D eigenvalue weighted by Gasteiger charge is 2.14. The first-order valence-electron chi connectivity index (χ1n) is 8.45. The summed E-state index contributed by atoms with van der Waals surface area (Å²) in [5.74, 6) is 0.612. The Morgan fingerprint density at radius 2 is 1.84 bits per heavy atom. The monoisotopic (exact) mass is 361 g/mol. The van der Waals surface area contributed by atoms with E-state index in [1.165, 1.54) is 0 Å². The summed E-state index contributed by atoms with van der Waals surface area (Å²) < 4.78 is 11.1. The van der Waals surface area contributed by atoms with Crippen LogP contribution in [0.2, 0.25) is 5.02 Å². The highest BCUT2D eigenvalue weighted by molar-refractivity contribution is 6.30. The number of nitrogens with one attached hydrogen (secondary N) is 1. The highest BCUT2D eigenvalue weighted by atomic mass is 35.5. The molecule has 0 aromatic heterocycles. The van der Waals surface area contributed by atoms with Gasteiger partial charge in [0.15, 0.2) is 0 Å². The molecular weight excluding hydrogens is 338 g/mol. The average molecular weight is 362 g/mol. The number of carbonyl (C=O) groups is 1. The minimum absolute atomic E-state index is 0.119. The summed E-state index contributed by atoms with van der Waals surface area (Å²) in [7, 11) is 0. The second-order valence-electron chi connectivity index (χ2n) is 5.64. The number of amides is 1. The topological polar surface area (TPSA) is 47.6 Å². The Morgan fingerprint density at radius 3 is 2.48 bits per heavy atom. The minimum atomic E-state index is -0.136. The van der Waals surface area contributed by atoms with Crippen LogP contribution in [0.4, 0.5) is 0 Å². The molecular formula is C20H24ClNO3. The second kappa shape index (κ2) is 9.44. The van der Waals surface area contributed by atoms with E-state index in [2.05, 4.69) is 5.32 Å². The van der Waals surface area contributed by atoms with Crippen molar-refractivity contribution >= 4 is 17.5 Å². The van der Waals surface area contributed by atoms with Crippen LogP contribution in [0, 0.1) is 0 Å². The van der Waals surface area contributed by atoms with Crippen LogP contribution in [0.5, 0.6) is 5.75 Å². The van der Waals surface area contributed by atoms with Gasteiger partial charge >= 0.3 is 0 Å². The predicted octanol–water partition coefficient (Wildman–Crippen LogP) is 4.77. The fraction of sp³-hybridized carbons (Fsp3) is 0.350. The van der Waals surface area contributed by atoms with Gasteiger partial charge in [-0.1, -0.05) is 23.7 Å². The molecule has 0 aliphatic rings. The minimum Gasteiger partial charge on any atom is -0.494 e. The molecule has 1 N–H and O–H groups in total. The lowest BCUT2D eigenvalue weighted by atomic mass is 10.1. The summed E-state index contributed by atoms with van der Waals surface area (Å²) in [5.41, 5.74) is 2.45. The predicted molar refractivity (Wildman–Crippen MR) is 100 cm³/mol. The summed E-state index contributed by atoms with van der Waals surface area (Å²) in [6, 6.07) is 12.7. The Morgan fingerprint density at radius 1 is 1.12 bits per heavy atom. The maximum absolute atomic E-state index is 12.6. The Balaban J connectivity index is 2.13. The van der Waals surface area contributed by atoms with Crippen molar-refractivity contribution in [1.82, 2.24) is 5.32 Å². The summed E-state index contributed by atoms with van der Waals surface area (Å²) in [6.07, 6.45) is 0. The van der Waals surface area contributed by atoms with Gasteiger partial charge in [0.2, 0.25) is 0 Å². The smallest absolute Gasteiger partial charge is 0.251 e. The van der Waals surface area contributed by atoms with Crippen molar-refractivity contribution in [2.45, 2.75) is 33.4 Å². The van der Waals surface area contributed by atoms with Gasteiger partial charge in [0.05, 0.1) is 19.3 Å². The van der Waals surface area contributed by atoms with Crippen molar-refractivity contribution in [3.63, 3.8) is 0 Å². The number of hydrogen-bond acceptors (Lipinski definition) is 3. The van der Waals surface area contributed by atoms with E-state index in [0.29, 0.717) is 30.4 Å². The maximum Gasteiger partial charge on any atom is 0.251 e. The van der Waals surface area contributed by atoms with E-state index >= 15 is 0 Å². The van der Waals surface area contributed by atoms with Crippen LogP contribution in [0.25, 0.3) is 0 Å². The SMILES string of the molecule is CCOCc1cc(C(=O)NC(C)c2ccc(Cl)cc2)ccc1OCC. The molecule has 0 aliphatic carbocycles. The standard InChI is InChI=1S/C20H24ClNO3/c1-4-24-13-17-12-16(8-11-19(17)25-5-2)20(23)22-14(3)15-6-9-18(21)10-7-15/h6-12,14H,4-5,13H2,1-3H3,(H,22,23).